The molecule has 0 saturated carbocycles. The Bertz CT molecular complexity index is 968. The van der Waals surface area contributed by atoms with Gasteiger partial charge in [0.15, 0.2) is 5.82 Å². The number of hydrogen-bond acceptors (Lipinski definition) is 3. The molecule has 1 aliphatic rings. The molecule has 4 rings (SSSR count). The van der Waals surface area contributed by atoms with Crippen molar-refractivity contribution < 1.29 is 8.78 Å². The Kier molecular flexibility index (Phi) is 4.42. The first-order valence-corrected chi connectivity index (χ1v) is 9.46. The van der Waals surface area contributed by atoms with Gasteiger partial charge < -0.3 is 4.90 Å². The van der Waals surface area contributed by atoms with Gasteiger partial charge >= 0.3 is 0 Å². The summed E-state index contributed by atoms with van der Waals surface area (Å²) in [6.45, 7) is 4.93. The summed E-state index contributed by atoms with van der Waals surface area (Å²) in [6.07, 6.45) is 4.71. The molecule has 0 bridgehead atoms. The molecule has 136 valence electrons. The summed E-state index contributed by atoms with van der Waals surface area (Å²) in [5, 5.41) is 0. The Hall–Kier alpha value is -2.02. The average molecular weight is 421 g/mol. The molecule has 0 amide bonds. The third-order valence-electron chi connectivity index (χ3n) is 4.77. The van der Waals surface area contributed by atoms with Gasteiger partial charge in [-0.2, -0.15) is 0 Å². The summed E-state index contributed by atoms with van der Waals surface area (Å²) < 4.78 is 29.5. The van der Waals surface area contributed by atoms with Crippen molar-refractivity contribution in [3.8, 4) is 0 Å². The lowest BCUT2D eigenvalue weighted by Gasteiger charge is -2.31. The Morgan fingerprint density at radius 2 is 2.04 bits per heavy atom. The minimum absolute atomic E-state index is 0.0215. The largest absolute Gasteiger partial charge is 0.324 e. The molecule has 0 unspecified atom stereocenters. The van der Waals surface area contributed by atoms with E-state index < -0.39 is 6.43 Å². The van der Waals surface area contributed by atoms with Crippen LogP contribution in [-0.2, 0) is 6.42 Å². The third kappa shape index (κ3) is 2.78. The zero-order valence-corrected chi connectivity index (χ0v) is 16.2. The zero-order valence-electron chi connectivity index (χ0n) is 14.6. The summed E-state index contributed by atoms with van der Waals surface area (Å²) in [4.78, 5) is 11.2. The molecule has 0 spiro atoms. The third-order valence-corrected chi connectivity index (χ3v) is 5.48. The molecule has 1 aromatic carbocycles. The second-order valence-corrected chi connectivity index (χ2v) is 7.69. The molecule has 0 N–H and O–H groups in total. The van der Waals surface area contributed by atoms with E-state index in [-0.39, 0.29) is 11.5 Å². The van der Waals surface area contributed by atoms with E-state index in [9.17, 15) is 8.78 Å². The van der Waals surface area contributed by atoms with E-state index in [4.69, 9.17) is 4.98 Å². The Labute approximate surface area is 159 Å². The summed E-state index contributed by atoms with van der Waals surface area (Å²) >= 11 is 3.48. The van der Waals surface area contributed by atoms with E-state index in [0.717, 1.165) is 52.3 Å². The number of halogens is 3. The molecule has 2 aromatic heterocycles. The van der Waals surface area contributed by atoms with Crippen molar-refractivity contribution in [1.82, 2.24) is 14.4 Å². The van der Waals surface area contributed by atoms with Crippen LogP contribution in [0.25, 0.3) is 5.52 Å². The lowest BCUT2D eigenvalue weighted by atomic mass is 9.99. The quantitative estimate of drug-likeness (QED) is 0.549. The molecule has 0 radical (unpaired) electrons. The minimum atomic E-state index is -2.51. The van der Waals surface area contributed by atoms with Gasteiger partial charge in [-0.15, -0.1) is 0 Å². The van der Waals surface area contributed by atoms with Crippen LogP contribution in [-0.4, -0.2) is 20.9 Å². The number of aromatic nitrogens is 3. The average Bonchev–Trinajstić information content (AvgIpc) is 3.01. The zero-order chi connectivity index (χ0) is 18.4. The standard InChI is InChI=1S/C19H19BrF2N4/c1-11(2)18-24-19(16-10-23-5-7-26(16)18)25-6-3-4-13-14(20)8-12(17(21)22)9-15(13)25/h5,7-11,17H,3-4,6H2,1-2H3. The second-order valence-electron chi connectivity index (χ2n) is 6.84. The second kappa shape index (κ2) is 6.61. The van der Waals surface area contributed by atoms with Gasteiger partial charge in [0.05, 0.1) is 6.20 Å². The van der Waals surface area contributed by atoms with E-state index in [2.05, 4.69) is 39.7 Å². The van der Waals surface area contributed by atoms with Crippen LogP contribution in [0, 0.1) is 0 Å². The van der Waals surface area contributed by atoms with Crippen molar-refractivity contribution in [2.24, 2.45) is 0 Å². The fourth-order valence-corrected chi connectivity index (χ4v) is 4.23. The number of imidazole rings is 1. The van der Waals surface area contributed by atoms with Crippen LogP contribution in [0.4, 0.5) is 20.3 Å². The maximum Gasteiger partial charge on any atom is 0.263 e. The van der Waals surface area contributed by atoms with Crippen LogP contribution >= 0.6 is 15.9 Å². The van der Waals surface area contributed by atoms with Gasteiger partial charge in [-0.3, -0.25) is 9.38 Å². The van der Waals surface area contributed by atoms with E-state index >= 15 is 0 Å². The fourth-order valence-electron chi connectivity index (χ4n) is 3.56. The van der Waals surface area contributed by atoms with Gasteiger partial charge in [0.2, 0.25) is 0 Å². The predicted octanol–water partition coefficient (Wildman–Crippen LogP) is 5.64. The maximum atomic E-state index is 13.3. The van der Waals surface area contributed by atoms with Gasteiger partial charge in [-0.25, -0.2) is 13.8 Å². The van der Waals surface area contributed by atoms with E-state index in [0.29, 0.717) is 0 Å². The number of nitrogens with zero attached hydrogens (tertiary/aromatic N) is 4. The summed E-state index contributed by atoms with van der Waals surface area (Å²) in [5.74, 6) is 1.96. The van der Waals surface area contributed by atoms with Crippen LogP contribution in [0.15, 0.2) is 35.2 Å². The smallest absolute Gasteiger partial charge is 0.263 e. The van der Waals surface area contributed by atoms with E-state index in [1.807, 2.05) is 10.6 Å². The minimum Gasteiger partial charge on any atom is -0.324 e. The fraction of sp³-hybridized carbons (Fsp3) is 0.368. The highest BCUT2D eigenvalue weighted by atomic mass is 79.9. The molecule has 3 aromatic rings. The number of rotatable bonds is 3. The molecule has 4 nitrogen and oxygen atoms in total. The van der Waals surface area contributed by atoms with Crippen molar-refractivity contribution in [3.05, 3.63) is 52.1 Å². The molecular weight excluding hydrogens is 402 g/mol. The van der Waals surface area contributed by atoms with Crippen LogP contribution < -0.4 is 4.90 Å². The first-order chi connectivity index (χ1) is 12.5. The van der Waals surface area contributed by atoms with Crippen molar-refractivity contribution in [2.75, 3.05) is 11.4 Å². The topological polar surface area (TPSA) is 33.4 Å². The van der Waals surface area contributed by atoms with Gasteiger partial charge in [-0.05, 0) is 30.5 Å². The Morgan fingerprint density at radius 3 is 2.77 bits per heavy atom. The Morgan fingerprint density at radius 1 is 1.23 bits per heavy atom. The molecule has 3 heterocycles. The lowest BCUT2D eigenvalue weighted by molar-refractivity contribution is 0.151. The number of benzene rings is 1. The SMILES string of the molecule is CC(C)c1nc(N2CCCc3c(Br)cc(C(F)F)cc32)c2cnccn12. The summed E-state index contributed by atoms with van der Waals surface area (Å²) in [5.41, 5.74) is 2.77. The number of alkyl halides is 2. The molecule has 0 fully saturated rings. The van der Waals surface area contributed by atoms with E-state index in [1.54, 1.807) is 18.5 Å². The van der Waals surface area contributed by atoms with Crippen LogP contribution in [0.3, 0.4) is 0 Å². The van der Waals surface area contributed by atoms with Crippen LogP contribution in [0.2, 0.25) is 0 Å². The number of anilines is 2. The monoisotopic (exact) mass is 420 g/mol. The maximum absolute atomic E-state index is 13.3. The van der Waals surface area contributed by atoms with Gasteiger partial charge in [0, 0.05) is 40.6 Å². The summed E-state index contributed by atoms with van der Waals surface area (Å²) in [7, 11) is 0. The number of hydrogen-bond donors (Lipinski definition) is 0. The predicted molar refractivity (Wildman–Crippen MR) is 102 cm³/mol. The lowest BCUT2D eigenvalue weighted by Crippen LogP contribution is -2.25. The highest BCUT2D eigenvalue weighted by Crippen LogP contribution is 2.41. The van der Waals surface area contributed by atoms with E-state index in [1.165, 1.54) is 6.07 Å². The molecule has 7 heteroatoms. The highest BCUT2D eigenvalue weighted by molar-refractivity contribution is 9.10. The van der Waals surface area contributed by atoms with Crippen LogP contribution in [0.1, 0.15) is 49.6 Å². The molecular formula is C19H19BrF2N4. The first-order valence-electron chi connectivity index (χ1n) is 8.67. The van der Waals surface area contributed by atoms with Crippen molar-refractivity contribution in [2.45, 2.75) is 39.0 Å². The molecule has 0 atom stereocenters. The van der Waals surface area contributed by atoms with Gasteiger partial charge in [0.1, 0.15) is 11.3 Å². The molecule has 0 aliphatic carbocycles. The molecule has 1 aliphatic heterocycles. The van der Waals surface area contributed by atoms with Crippen molar-refractivity contribution >= 4 is 33.0 Å². The normalized spacial score (nSPS) is 14.5. The summed E-state index contributed by atoms with van der Waals surface area (Å²) in [6, 6.07) is 3.12. The molecule has 0 saturated heterocycles. The highest BCUT2D eigenvalue weighted by Gasteiger charge is 2.27. The van der Waals surface area contributed by atoms with Crippen LogP contribution in [0.5, 0.6) is 0 Å². The van der Waals surface area contributed by atoms with Crippen molar-refractivity contribution in [1.29, 1.82) is 0 Å². The van der Waals surface area contributed by atoms with Gasteiger partial charge in [0.25, 0.3) is 6.43 Å². The van der Waals surface area contributed by atoms with Crippen molar-refractivity contribution in [3.63, 3.8) is 0 Å². The Balaban J connectivity index is 1.93. The number of fused-ring (bicyclic) bond motifs is 2. The van der Waals surface area contributed by atoms with Gasteiger partial charge in [-0.1, -0.05) is 29.8 Å². The first kappa shape index (κ1) is 17.4. The molecule has 26 heavy (non-hydrogen) atoms.